The standard InChI is InChI=1S/C11H13NO2/c1-7-9(6-11(13)14)8-4-2-3-5-10(8)12-7/h2-5,7,9,12H,6H2,1H3,(H,13,14)/t7-,9+/m1/s1. The zero-order valence-corrected chi connectivity index (χ0v) is 8.03. The van der Waals surface area contributed by atoms with Crippen LogP contribution >= 0.6 is 0 Å². The van der Waals surface area contributed by atoms with Crippen molar-refractivity contribution in [3.63, 3.8) is 0 Å². The van der Waals surface area contributed by atoms with E-state index in [0.29, 0.717) is 0 Å². The molecule has 0 amide bonds. The van der Waals surface area contributed by atoms with Crippen molar-refractivity contribution >= 4 is 11.7 Å². The summed E-state index contributed by atoms with van der Waals surface area (Å²) in [6.45, 7) is 2.02. The zero-order chi connectivity index (χ0) is 10.1. The molecule has 1 aliphatic heterocycles. The Labute approximate surface area is 82.8 Å². The third-order valence-corrected chi connectivity index (χ3v) is 2.74. The van der Waals surface area contributed by atoms with Gasteiger partial charge in [-0.2, -0.15) is 0 Å². The number of nitrogens with one attached hydrogen (secondary N) is 1. The Bertz CT molecular complexity index is 362. The molecule has 1 aliphatic rings. The van der Waals surface area contributed by atoms with Crippen LogP contribution < -0.4 is 5.32 Å². The molecule has 14 heavy (non-hydrogen) atoms. The molecule has 2 atom stereocenters. The van der Waals surface area contributed by atoms with Crippen LogP contribution in [0, 0.1) is 0 Å². The number of aliphatic carboxylic acids is 1. The number of carboxylic acids is 1. The molecule has 0 saturated carbocycles. The largest absolute Gasteiger partial charge is 0.481 e. The molecule has 0 spiro atoms. The monoisotopic (exact) mass is 191 g/mol. The lowest BCUT2D eigenvalue weighted by Crippen LogP contribution is -2.18. The predicted octanol–water partition coefficient (Wildman–Crippen LogP) is 2.06. The summed E-state index contributed by atoms with van der Waals surface area (Å²) in [5.74, 6) is -0.635. The van der Waals surface area contributed by atoms with Crippen molar-refractivity contribution in [1.29, 1.82) is 0 Å². The van der Waals surface area contributed by atoms with Crippen LogP contribution in [-0.2, 0) is 4.79 Å². The van der Waals surface area contributed by atoms with Gasteiger partial charge in [-0.25, -0.2) is 0 Å². The zero-order valence-electron chi connectivity index (χ0n) is 8.03. The quantitative estimate of drug-likeness (QED) is 0.752. The number of rotatable bonds is 2. The van der Waals surface area contributed by atoms with Crippen molar-refractivity contribution < 1.29 is 9.90 Å². The van der Waals surface area contributed by atoms with Gasteiger partial charge in [-0.3, -0.25) is 4.79 Å². The number of para-hydroxylation sites is 1. The van der Waals surface area contributed by atoms with E-state index in [-0.39, 0.29) is 18.4 Å². The minimum absolute atomic E-state index is 0.101. The Hall–Kier alpha value is -1.51. The fraction of sp³-hybridized carbons (Fsp3) is 0.364. The van der Waals surface area contributed by atoms with Crippen molar-refractivity contribution in [2.45, 2.75) is 25.3 Å². The molecular formula is C11H13NO2. The van der Waals surface area contributed by atoms with Crippen molar-refractivity contribution in [2.24, 2.45) is 0 Å². The second kappa shape index (κ2) is 3.33. The van der Waals surface area contributed by atoms with Crippen LogP contribution in [0.25, 0.3) is 0 Å². The molecule has 3 nitrogen and oxygen atoms in total. The molecule has 2 N–H and O–H groups in total. The molecule has 0 bridgehead atoms. The summed E-state index contributed by atoms with van der Waals surface area (Å²) >= 11 is 0. The van der Waals surface area contributed by atoms with Crippen molar-refractivity contribution in [2.75, 3.05) is 5.32 Å². The van der Waals surface area contributed by atoms with Crippen LogP contribution in [0.2, 0.25) is 0 Å². The number of hydrogen-bond donors (Lipinski definition) is 2. The first-order valence-corrected chi connectivity index (χ1v) is 4.75. The first-order valence-electron chi connectivity index (χ1n) is 4.75. The average Bonchev–Trinajstić information content (AvgIpc) is 2.43. The molecule has 74 valence electrons. The molecule has 3 heteroatoms. The maximum atomic E-state index is 10.7. The van der Waals surface area contributed by atoms with Gasteiger partial charge in [0.05, 0.1) is 6.42 Å². The highest BCUT2D eigenvalue weighted by atomic mass is 16.4. The third-order valence-electron chi connectivity index (χ3n) is 2.74. The molecule has 0 unspecified atom stereocenters. The fourth-order valence-electron chi connectivity index (χ4n) is 2.04. The van der Waals surface area contributed by atoms with E-state index in [1.54, 1.807) is 0 Å². The van der Waals surface area contributed by atoms with Gasteiger partial charge in [0.25, 0.3) is 0 Å². The molecule has 0 saturated heterocycles. The lowest BCUT2D eigenvalue weighted by molar-refractivity contribution is -0.137. The highest BCUT2D eigenvalue weighted by molar-refractivity contribution is 5.71. The van der Waals surface area contributed by atoms with Gasteiger partial charge in [0, 0.05) is 17.6 Å². The lowest BCUT2D eigenvalue weighted by Gasteiger charge is -2.13. The molecule has 1 aromatic carbocycles. The Kier molecular flexibility index (Phi) is 2.15. The van der Waals surface area contributed by atoms with Crippen molar-refractivity contribution in [3.05, 3.63) is 29.8 Å². The van der Waals surface area contributed by atoms with Crippen LogP contribution in [0.3, 0.4) is 0 Å². The third kappa shape index (κ3) is 1.45. The highest BCUT2D eigenvalue weighted by Crippen LogP contribution is 2.37. The molecule has 0 aromatic heterocycles. The SMILES string of the molecule is C[C@H]1Nc2ccccc2[C@H]1CC(=O)O. The van der Waals surface area contributed by atoms with E-state index in [9.17, 15) is 4.79 Å². The van der Waals surface area contributed by atoms with E-state index < -0.39 is 5.97 Å². The maximum Gasteiger partial charge on any atom is 0.304 e. The number of carboxylic acid groups (broad SMARTS) is 1. The summed E-state index contributed by atoms with van der Waals surface area (Å²) in [6, 6.07) is 8.12. The van der Waals surface area contributed by atoms with Crippen LogP contribution in [0.15, 0.2) is 24.3 Å². The topological polar surface area (TPSA) is 49.3 Å². The van der Waals surface area contributed by atoms with Crippen LogP contribution in [-0.4, -0.2) is 17.1 Å². The summed E-state index contributed by atoms with van der Waals surface area (Å²) in [5.41, 5.74) is 2.20. The first kappa shape index (κ1) is 9.06. The van der Waals surface area contributed by atoms with Gasteiger partial charge in [-0.15, -0.1) is 0 Å². The molecule has 0 aliphatic carbocycles. The lowest BCUT2D eigenvalue weighted by atomic mass is 9.93. The first-order chi connectivity index (χ1) is 6.68. The summed E-state index contributed by atoms with van der Waals surface area (Å²) < 4.78 is 0. The summed E-state index contributed by atoms with van der Waals surface area (Å²) in [6.07, 6.45) is 0.200. The molecule has 0 radical (unpaired) electrons. The fourth-order valence-corrected chi connectivity index (χ4v) is 2.04. The second-order valence-corrected chi connectivity index (χ2v) is 3.72. The average molecular weight is 191 g/mol. The highest BCUT2D eigenvalue weighted by Gasteiger charge is 2.29. The molecule has 0 fully saturated rings. The normalized spacial score (nSPS) is 24.1. The van der Waals surface area contributed by atoms with Gasteiger partial charge in [0.1, 0.15) is 0 Å². The Morgan fingerprint density at radius 2 is 2.21 bits per heavy atom. The van der Waals surface area contributed by atoms with Gasteiger partial charge >= 0.3 is 5.97 Å². The molecule has 2 rings (SSSR count). The van der Waals surface area contributed by atoms with Gasteiger partial charge in [0.2, 0.25) is 0 Å². The molecule has 1 heterocycles. The summed E-state index contributed by atoms with van der Waals surface area (Å²) in [4.78, 5) is 10.7. The minimum Gasteiger partial charge on any atom is -0.481 e. The van der Waals surface area contributed by atoms with E-state index in [1.807, 2.05) is 31.2 Å². The Balaban J connectivity index is 2.30. The summed E-state index contributed by atoms with van der Waals surface area (Å²) in [7, 11) is 0. The van der Waals surface area contributed by atoms with Gasteiger partial charge < -0.3 is 10.4 Å². The Morgan fingerprint density at radius 1 is 1.50 bits per heavy atom. The van der Waals surface area contributed by atoms with E-state index >= 15 is 0 Å². The molecule has 1 aromatic rings. The number of carbonyl (C=O) groups is 1. The second-order valence-electron chi connectivity index (χ2n) is 3.72. The molecular weight excluding hydrogens is 178 g/mol. The van der Waals surface area contributed by atoms with Gasteiger partial charge in [0.15, 0.2) is 0 Å². The smallest absolute Gasteiger partial charge is 0.304 e. The van der Waals surface area contributed by atoms with Crippen LogP contribution in [0.4, 0.5) is 5.69 Å². The summed E-state index contributed by atoms with van der Waals surface area (Å²) in [5, 5.41) is 12.1. The number of anilines is 1. The maximum absolute atomic E-state index is 10.7. The van der Waals surface area contributed by atoms with Crippen molar-refractivity contribution in [3.8, 4) is 0 Å². The number of benzene rings is 1. The Morgan fingerprint density at radius 3 is 2.93 bits per heavy atom. The van der Waals surface area contributed by atoms with Crippen LogP contribution in [0.5, 0.6) is 0 Å². The van der Waals surface area contributed by atoms with E-state index in [0.717, 1.165) is 11.3 Å². The van der Waals surface area contributed by atoms with Crippen molar-refractivity contribution in [1.82, 2.24) is 0 Å². The predicted molar refractivity (Wildman–Crippen MR) is 54.5 cm³/mol. The van der Waals surface area contributed by atoms with Crippen LogP contribution in [0.1, 0.15) is 24.8 Å². The van der Waals surface area contributed by atoms with E-state index in [4.69, 9.17) is 5.11 Å². The van der Waals surface area contributed by atoms with Gasteiger partial charge in [-0.05, 0) is 18.6 Å². The minimum atomic E-state index is -0.736. The number of hydrogen-bond acceptors (Lipinski definition) is 2. The van der Waals surface area contributed by atoms with E-state index in [1.165, 1.54) is 0 Å². The number of fused-ring (bicyclic) bond motifs is 1. The van der Waals surface area contributed by atoms with Gasteiger partial charge in [-0.1, -0.05) is 18.2 Å². The van der Waals surface area contributed by atoms with E-state index in [2.05, 4.69) is 5.32 Å².